The third kappa shape index (κ3) is 4.60. The predicted octanol–water partition coefficient (Wildman–Crippen LogP) is 4.09. The fourth-order valence-electron chi connectivity index (χ4n) is 3.95. The molecule has 1 fully saturated rings. The van der Waals surface area contributed by atoms with Crippen molar-refractivity contribution in [2.75, 3.05) is 19.6 Å². The molecule has 1 aliphatic rings. The first-order chi connectivity index (χ1) is 14.6. The number of rotatable bonds is 4. The summed E-state index contributed by atoms with van der Waals surface area (Å²) >= 11 is 0. The van der Waals surface area contributed by atoms with Crippen molar-refractivity contribution in [3.63, 3.8) is 0 Å². The number of hydrogen-bond donors (Lipinski definition) is 1. The SMILES string of the molecule is Cc1cccc(-c2ccc(CC3CN(C(=O)c4ccccc4)CCNC3=O)cc2)c1. The molecule has 1 heterocycles. The van der Waals surface area contributed by atoms with E-state index >= 15 is 0 Å². The molecule has 4 rings (SSSR count). The first kappa shape index (κ1) is 19.9. The summed E-state index contributed by atoms with van der Waals surface area (Å²) in [7, 11) is 0. The number of hydrogen-bond acceptors (Lipinski definition) is 2. The predicted molar refractivity (Wildman–Crippen MR) is 119 cm³/mol. The van der Waals surface area contributed by atoms with Crippen molar-refractivity contribution in [3.05, 3.63) is 95.6 Å². The number of amides is 2. The molecule has 1 atom stereocenters. The Morgan fingerprint density at radius 2 is 1.73 bits per heavy atom. The Balaban J connectivity index is 1.48. The summed E-state index contributed by atoms with van der Waals surface area (Å²) in [5.74, 6) is -0.266. The molecule has 3 aromatic carbocycles. The fourth-order valence-corrected chi connectivity index (χ4v) is 3.95. The van der Waals surface area contributed by atoms with E-state index in [1.165, 1.54) is 11.1 Å². The molecule has 2 amide bonds. The second kappa shape index (κ2) is 8.95. The van der Waals surface area contributed by atoms with E-state index in [4.69, 9.17) is 0 Å². The van der Waals surface area contributed by atoms with Crippen LogP contribution >= 0.6 is 0 Å². The third-order valence-electron chi connectivity index (χ3n) is 5.59. The van der Waals surface area contributed by atoms with E-state index in [2.05, 4.69) is 60.8 Å². The monoisotopic (exact) mass is 398 g/mol. The van der Waals surface area contributed by atoms with Crippen molar-refractivity contribution in [1.82, 2.24) is 10.2 Å². The largest absolute Gasteiger partial charge is 0.354 e. The summed E-state index contributed by atoms with van der Waals surface area (Å²) in [5, 5.41) is 2.96. The lowest BCUT2D eigenvalue weighted by molar-refractivity contribution is -0.124. The minimum Gasteiger partial charge on any atom is -0.354 e. The highest BCUT2D eigenvalue weighted by Crippen LogP contribution is 2.22. The number of aryl methyl sites for hydroxylation is 1. The topological polar surface area (TPSA) is 49.4 Å². The van der Waals surface area contributed by atoms with Gasteiger partial charge in [-0.1, -0.05) is 72.3 Å². The number of benzene rings is 3. The summed E-state index contributed by atoms with van der Waals surface area (Å²) in [6.07, 6.45) is 0.610. The number of nitrogens with zero attached hydrogens (tertiary/aromatic N) is 1. The molecule has 0 bridgehead atoms. The van der Waals surface area contributed by atoms with E-state index < -0.39 is 0 Å². The second-order valence-electron chi connectivity index (χ2n) is 7.88. The van der Waals surface area contributed by atoms with Gasteiger partial charge in [0.15, 0.2) is 0 Å². The Morgan fingerprint density at radius 3 is 2.47 bits per heavy atom. The normalized spacial score (nSPS) is 16.6. The van der Waals surface area contributed by atoms with Crippen molar-refractivity contribution < 1.29 is 9.59 Å². The standard InChI is InChI=1S/C26H26N2O2/c1-19-6-5-9-23(16-19)21-12-10-20(11-13-21)17-24-18-28(15-14-27-25(24)29)26(30)22-7-3-2-4-8-22/h2-13,16,24H,14-15,17-18H2,1H3,(H,27,29). The maximum atomic E-state index is 12.9. The van der Waals surface area contributed by atoms with Crippen LogP contribution in [0.2, 0.25) is 0 Å². The highest BCUT2D eigenvalue weighted by atomic mass is 16.2. The molecule has 1 saturated heterocycles. The molecular formula is C26H26N2O2. The average molecular weight is 399 g/mol. The van der Waals surface area contributed by atoms with Gasteiger partial charge in [-0.2, -0.15) is 0 Å². The smallest absolute Gasteiger partial charge is 0.253 e. The lowest BCUT2D eigenvalue weighted by atomic mass is 9.95. The number of carbonyl (C=O) groups excluding carboxylic acids is 2. The van der Waals surface area contributed by atoms with Crippen LogP contribution < -0.4 is 5.32 Å². The van der Waals surface area contributed by atoms with Gasteiger partial charge in [-0.3, -0.25) is 9.59 Å². The molecule has 0 radical (unpaired) electrons. The summed E-state index contributed by atoms with van der Waals surface area (Å²) in [4.78, 5) is 27.3. The van der Waals surface area contributed by atoms with Gasteiger partial charge in [0.05, 0.1) is 5.92 Å². The molecule has 3 aromatic rings. The molecule has 1 N–H and O–H groups in total. The van der Waals surface area contributed by atoms with Crippen LogP contribution in [0, 0.1) is 12.8 Å². The van der Waals surface area contributed by atoms with E-state index in [0.29, 0.717) is 31.6 Å². The molecule has 1 aliphatic heterocycles. The third-order valence-corrected chi connectivity index (χ3v) is 5.59. The van der Waals surface area contributed by atoms with E-state index in [-0.39, 0.29) is 17.7 Å². The molecule has 0 aromatic heterocycles. The van der Waals surface area contributed by atoms with Gasteiger partial charge < -0.3 is 10.2 Å². The van der Waals surface area contributed by atoms with Crippen LogP contribution in [0.3, 0.4) is 0 Å². The first-order valence-corrected chi connectivity index (χ1v) is 10.4. The van der Waals surface area contributed by atoms with E-state index in [1.54, 1.807) is 4.90 Å². The molecule has 0 saturated carbocycles. The van der Waals surface area contributed by atoms with Crippen molar-refractivity contribution in [2.45, 2.75) is 13.3 Å². The second-order valence-corrected chi connectivity index (χ2v) is 7.88. The van der Waals surface area contributed by atoms with E-state index in [9.17, 15) is 9.59 Å². The molecule has 30 heavy (non-hydrogen) atoms. The summed E-state index contributed by atoms with van der Waals surface area (Å²) in [5.41, 5.74) is 5.34. The van der Waals surface area contributed by atoms with Gasteiger partial charge in [0.2, 0.25) is 5.91 Å². The zero-order chi connectivity index (χ0) is 20.9. The zero-order valence-electron chi connectivity index (χ0n) is 17.2. The van der Waals surface area contributed by atoms with Gasteiger partial charge in [-0.05, 0) is 42.2 Å². The highest BCUT2D eigenvalue weighted by molar-refractivity contribution is 5.94. The van der Waals surface area contributed by atoms with Crippen LogP contribution in [-0.4, -0.2) is 36.3 Å². The summed E-state index contributed by atoms with van der Waals surface area (Å²) in [6.45, 7) is 3.53. The van der Waals surface area contributed by atoms with Crippen LogP contribution in [0.4, 0.5) is 0 Å². The van der Waals surface area contributed by atoms with Crippen molar-refractivity contribution >= 4 is 11.8 Å². The van der Waals surface area contributed by atoms with Crippen LogP contribution in [0.1, 0.15) is 21.5 Å². The Kier molecular flexibility index (Phi) is 5.94. The number of carbonyl (C=O) groups is 2. The molecule has 0 spiro atoms. The molecule has 152 valence electrons. The Morgan fingerprint density at radius 1 is 0.967 bits per heavy atom. The molecule has 1 unspecified atom stereocenters. The molecule has 4 heteroatoms. The molecular weight excluding hydrogens is 372 g/mol. The van der Waals surface area contributed by atoms with Crippen molar-refractivity contribution in [1.29, 1.82) is 0 Å². The quantitative estimate of drug-likeness (QED) is 0.720. The Labute approximate surface area is 177 Å². The maximum absolute atomic E-state index is 12.9. The van der Waals surface area contributed by atoms with Gasteiger partial charge in [-0.15, -0.1) is 0 Å². The average Bonchev–Trinajstić information content (AvgIpc) is 2.96. The number of nitrogens with one attached hydrogen (secondary N) is 1. The van der Waals surface area contributed by atoms with Crippen LogP contribution in [0.5, 0.6) is 0 Å². The maximum Gasteiger partial charge on any atom is 0.253 e. The van der Waals surface area contributed by atoms with Gasteiger partial charge in [0.1, 0.15) is 0 Å². The van der Waals surface area contributed by atoms with Crippen molar-refractivity contribution in [3.8, 4) is 11.1 Å². The minimum absolute atomic E-state index is 0.0149. The van der Waals surface area contributed by atoms with Crippen LogP contribution in [0.25, 0.3) is 11.1 Å². The zero-order valence-corrected chi connectivity index (χ0v) is 17.2. The van der Waals surface area contributed by atoms with Crippen LogP contribution in [0.15, 0.2) is 78.9 Å². The first-order valence-electron chi connectivity index (χ1n) is 10.4. The minimum atomic E-state index is -0.259. The molecule has 4 nitrogen and oxygen atoms in total. The lowest BCUT2D eigenvalue weighted by Gasteiger charge is -2.23. The van der Waals surface area contributed by atoms with E-state index in [1.807, 2.05) is 30.3 Å². The van der Waals surface area contributed by atoms with Gasteiger partial charge >= 0.3 is 0 Å². The van der Waals surface area contributed by atoms with E-state index in [0.717, 1.165) is 11.1 Å². The lowest BCUT2D eigenvalue weighted by Crippen LogP contribution is -2.37. The summed E-state index contributed by atoms with van der Waals surface area (Å²) in [6, 6.07) is 26.1. The Hall–Kier alpha value is -3.40. The highest BCUT2D eigenvalue weighted by Gasteiger charge is 2.28. The van der Waals surface area contributed by atoms with Gasteiger partial charge in [-0.25, -0.2) is 0 Å². The van der Waals surface area contributed by atoms with Crippen molar-refractivity contribution in [2.24, 2.45) is 5.92 Å². The van der Waals surface area contributed by atoms with Gasteiger partial charge in [0, 0.05) is 25.2 Å². The Bertz CT molecular complexity index is 1030. The fraction of sp³-hybridized carbons (Fsp3) is 0.231. The summed E-state index contributed by atoms with van der Waals surface area (Å²) < 4.78 is 0. The van der Waals surface area contributed by atoms with Gasteiger partial charge in [0.25, 0.3) is 5.91 Å². The van der Waals surface area contributed by atoms with Crippen LogP contribution in [-0.2, 0) is 11.2 Å². The molecule has 0 aliphatic carbocycles.